The summed E-state index contributed by atoms with van der Waals surface area (Å²) >= 11 is 0. The lowest BCUT2D eigenvalue weighted by molar-refractivity contribution is -0.0673. The molecule has 3 aliphatic carbocycles. The van der Waals surface area contributed by atoms with Crippen molar-refractivity contribution in [3.63, 3.8) is 0 Å². The predicted molar refractivity (Wildman–Crippen MR) is 116 cm³/mol. The Labute approximate surface area is 176 Å². The fraction of sp³-hybridized carbons (Fsp3) is 0.538. The Morgan fingerprint density at radius 2 is 1.80 bits per heavy atom. The van der Waals surface area contributed by atoms with Crippen molar-refractivity contribution in [1.82, 2.24) is 4.57 Å². The van der Waals surface area contributed by atoms with Crippen molar-refractivity contribution in [1.29, 1.82) is 0 Å². The third-order valence-electron chi connectivity index (χ3n) is 7.77. The molecule has 0 saturated heterocycles. The number of hydrogen-bond donors (Lipinski definition) is 0. The van der Waals surface area contributed by atoms with Gasteiger partial charge in [-0.2, -0.15) is 0 Å². The lowest BCUT2D eigenvalue weighted by Crippen LogP contribution is -2.49. The first-order chi connectivity index (χ1) is 14.3. The highest BCUT2D eigenvalue weighted by atomic mass is 19.1. The summed E-state index contributed by atoms with van der Waals surface area (Å²) in [6.45, 7) is 5.99. The van der Waals surface area contributed by atoms with Gasteiger partial charge < -0.3 is 4.57 Å². The van der Waals surface area contributed by atoms with Gasteiger partial charge in [0.2, 0.25) is 0 Å². The smallest absolute Gasteiger partial charge is 0.132 e. The van der Waals surface area contributed by atoms with E-state index in [2.05, 4.69) is 18.4 Å². The molecule has 2 saturated carbocycles. The monoisotopic (exact) mass is 413 g/mol. The maximum atomic E-state index is 15.2. The van der Waals surface area contributed by atoms with E-state index in [1.807, 2.05) is 12.1 Å². The van der Waals surface area contributed by atoms with E-state index in [-0.39, 0.29) is 34.9 Å². The molecule has 1 spiro atoms. The maximum Gasteiger partial charge on any atom is 0.132 e. The standard InChI is InChI=1S/C26H30F3N/c1-15(2)25-23(18-13-26(14-18)11-17(12-26)16(3)27)24-21(29)5-4-6-22(24)30(25)20-9-7-19(28)8-10-20/h4-9,15-18,20H,10-14H2,1-3H3. The van der Waals surface area contributed by atoms with Gasteiger partial charge in [0.1, 0.15) is 17.8 Å². The number of allylic oxidation sites excluding steroid dienone is 4. The Morgan fingerprint density at radius 3 is 2.40 bits per heavy atom. The van der Waals surface area contributed by atoms with E-state index in [9.17, 15) is 8.78 Å². The van der Waals surface area contributed by atoms with Gasteiger partial charge in [-0.05, 0) is 92.0 Å². The average molecular weight is 414 g/mol. The van der Waals surface area contributed by atoms with E-state index in [1.54, 1.807) is 25.1 Å². The molecule has 5 rings (SSSR count). The molecular weight excluding hydrogens is 383 g/mol. The number of rotatable bonds is 4. The molecule has 1 aromatic heterocycles. The van der Waals surface area contributed by atoms with E-state index in [4.69, 9.17) is 0 Å². The first kappa shape index (κ1) is 20.0. The van der Waals surface area contributed by atoms with Crippen LogP contribution in [0.2, 0.25) is 0 Å². The number of hydrogen-bond acceptors (Lipinski definition) is 0. The molecule has 0 radical (unpaired) electrons. The van der Waals surface area contributed by atoms with Crippen molar-refractivity contribution < 1.29 is 13.2 Å². The molecule has 0 aliphatic heterocycles. The number of benzene rings is 1. The number of nitrogens with zero attached hydrogens (tertiary/aromatic N) is 1. The van der Waals surface area contributed by atoms with Crippen molar-refractivity contribution in [2.75, 3.05) is 0 Å². The normalized spacial score (nSPS) is 31.7. The van der Waals surface area contributed by atoms with Gasteiger partial charge in [0, 0.05) is 11.1 Å². The van der Waals surface area contributed by atoms with E-state index < -0.39 is 6.17 Å². The van der Waals surface area contributed by atoms with Gasteiger partial charge in [-0.25, -0.2) is 13.2 Å². The fourth-order valence-corrected chi connectivity index (χ4v) is 6.40. The van der Waals surface area contributed by atoms with Crippen LogP contribution in [0.25, 0.3) is 10.9 Å². The van der Waals surface area contributed by atoms with Crippen LogP contribution in [0.5, 0.6) is 0 Å². The van der Waals surface area contributed by atoms with Gasteiger partial charge in [-0.1, -0.05) is 26.0 Å². The van der Waals surface area contributed by atoms with Gasteiger partial charge in [0.15, 0.2) is 0 Å². The van der Waals surface area contributed by atoms with Crippen LogP contribution in [0.15, 0.2) is 42.3 Å². The highest BCUT2D eigenvalue weighted by Gasteiger charge is 2.55. The molecule has 160 valence electrons. The highest BCUT2D eigenvalue weighted by Crippen LogP contribution is 2.66. The van der Waals surface area contributed by atoms with Crippen LogP contribution in [-0.2, 0) is 0 Å². The molecular formula is C26H30F3N. The molecule has 0 amide bonds. The molecule has 4 heteroatoms. The molecule has 1 nitrogen and oxygen atoms in total. The molecule has 2 fully saturated rings. The van der Waals surface area contributed by atoms with Crippen molar-refractivity contribution in [2.24, 2.45) is 11.3 Å². The summed E-state index contributed by atoms with van der Waals surface area (Å²) in [6.07, 6.45) is 8.87. The van der Waals surface area contributed by atoms with Gasteiger partial charge in [-0.15, -0.1) is 0 Å². The van der Waals surface area contributed by atoms with Crippen LogP contribution in [0.3, 0.4) is 0 Å². The van der Waals surface area contributed by atoms with Crippen molar-refractivity contribution in [2.45, 2.75) is 76.9 Å². The zero-order chi connectivity index (χ0) is 21.2. The first-order valence-corrected chi connectivity index (χ1v) is 11.3. The topological polar surface area (TPSA) is 4.93 Å². The Morgan fingerprint density at radius 1 is 1.07 bits per heavy atom. The Hall–Kier alpha value is -1.97. The molecule has 2 unspecified atom stereocenters. The lowest BCUT2D eigenvalue weighted by atomic mass is 9.46. The van der Waals surface area contributed by atoms with Crippen LogP contribution < -0.4 is 0 Å². The molecule has 0 bridgehead atoms. The summed E-state index contributed by atoms with van der Waals surface area (Å²) in [6, 6.07) is 5.31. The fourth-order valence-electron chi connectivity index (χ4n) is 6.40. The quantitative estimate of drug-likeness (QED) is 0.480. The van der Waals surface area contributed by atoms with E-state index >= 15 is 4.39 Å². The molecule has 3 aliphatic rings. The van der Waals surface area contributed by atoms with Crippen molar-refractivity contribution >= 4 is 10.9 Å². The second-order valence-corrected chi connectivity index (χ2v) is 10.2. The molecule has 2 atom stereocenters. The number of alkyl halides is 1. The Balaban J connectivity index is 1.57. The van der Waals surface area contributed by atoms with Gasteiger partial charge in [0.05, 0.1) is 11.6 Å². The SMILES string of the molecule is CC(C)c1c(C2CC3(C2)CC(C(C)F)C3)c2c(F)cccc2n1C1C=CC(F)=CC1. The van der Waals surface area contributed by atoms with Gasteiger partial charge in [0.25, 0.3) is 0 Å². The van der Waals surface area contributed by atoms with Crippen LogP contribution >= 0.6 is 0 Å². The minimum Gasteiger partial charge on any atom is -0.337 e. The minimum atomic E-state index is -0.730. The van der Waals surface area contributed by atoms with Crippen LogP contribution in [0.1, 0.15) is 82.0 Å². The van der Waals surface area contributed by atoms with Gasteiger partial charge >= 0.3 is 0 Å². The molecule has 1 aromatic carbocycles. The van der Waals surface area contributed by atoms with Crippen LogP contribution in [-0.4, -0.2) is 10.7 Å². The van der Waals surface area contributed by atoms with E-state index in [0.717, 1.165) is 42.1 Å². The van der Waals surface area contributed by atoms with E-state index in [1.165, 1.54) is 11.8 Å². The molecule has 0 N–H and O–H groups in total. The summed E-state index contributed by atoms with van der Waals surface area (Å²) in [4.78, 5) is 0. The largest absolute Gasteiger partial charge is 0.337 e. The highest BCUT2D eigenvalue weighted by molar-refractivity contribution is 5.87. The number of halogens is 3. The summed E-state index contributed by atoms with van der Waals surface area (Å²) in [5, 5.41) is 0.735. The summed E-state index contributed by atoms with van der Waals surface area (Å²) in [5.74, 6) is 0.367. The van der Waals surface area contributed by atoms with Crippen molar-refractivity contribution in [3.05, 3.63) is 59.3 Å². The Kier molecular flexibility index (Phi) is 4.68. The zero-order valence-electron chi connectivity index (χ0n) is 18.0. The first-order valence-electron chi connectivity index (χ1n) is 11.3. The third kappa shape index (κ3) is 2.98. The minimum absolute atomic E-state index is 0.00513. The maximum absolute atomic E-state index is 15.2. The second kappa shape index (κ2) is 7.03. The average Bonchev–Trinajstić information content (AvgIpc) is 2.96. The van der Waals surface area contributed by atoms with Crippen molar-refractivity contribution in [3.8, 4) is 0 Å². The third-order valence-corrected chi connectivity index (χ3v) is 7.77. The Bertz CT molecular complexity index is 1030. The predicted octanol–water partition coefficient (Wildman–Crippen LogP) is 7.89. The summed E-state index contributed by atoms with van der Waals surface area (Å²) < 4.78 is 44.7. The van der Waals surface area contributed by atoms with E-state index in [0.29, 0.717) is 12.3 Å². The van der Waals surface area contributed by atoms with Gasteiger partial charge in [-0.3, -0.25) is 0 Å². The molecule has 30 heavy (non-hydrogen) atoms. The number of fused-ring (bicyclic) bond motifs is 1. The van der Waals surface area contributed by atoms with Crippen LogP contribution in [0.4, 0.5) is 13.2 Å². The number of aromatic nitrogens is 1. The second-order valence-electron chi connectivity index (χ2n) is 10.2. The molecule has 1 heterocycles. The summed E-state index contributed by atoms with van der Waals surface area (Å²) in [7, 11) is 0. The van der Waals surface area contributed by atoms with Crippen LogP contribution in [0, 0.1) is 17.2 Å². The zero-order valence-corrected chi connectivity index (χ0v) is 18.0. The summed E-state index contributed by atoms with van der Waals surface area (Å²) in [5.41, 5.74) is 3.49. The molecule has 2 aromatic rings. The lowest BCUT2D eigenvalue weighted by Gasteiger charge is -2.58.